The SMILES string of the molecule is CC=Cc1ccc[se]1. The first-order valence-corrected chi connectivity index (χ1v) is 4.44. The average Bonchev–Trinajstić information content (AvgIpc) is 2.19. The van der Waals surface area contributed by atoms with Crippen LogP contribution in [0.1, 0.15) is 11.4 Å². The monoisotopic (exact) mass is 172 g/mol. The van der Waals surface area contributed by atoms with E-state index >= 15 is 0 Å². The van der Waals surface area contributed by atoms with Crippen LogP contribution in [0.4, 0.5) is 0 Å². The Bertz CT molecular complexity index is 161. The minimum absolute atomic E-state index is 0.631. The van der Waals surface area contributed by atoms with Gasteiger partial charge in [0.1, 0.15) is 0 Å². The molecule has 42 valence electrons. The molecular weight excluding hydrogens is 163 g/mol. The molecule has 8 heavy (non-hydrogen) atoms. The standard InChI is InChI=1S/C7H8Se/c1-2-4-7-5-3-6-8-7/h2-6H,1H3. The Kier molecular flexibility index (Phi) is 2.13. The maximum atomic E-state index is 2.22. The van der Waals surface area contributed by atoms with Gasteiger partial charge in [-0.15, -0.1) is 0 Å². The van der Waals surface area contributed by atoms with Crippen molar-refractivity contribution in [1.29, 1.82) is 0 Å². The fraction of sp³-hybridized carbons (Fsp3) is 0.143. The van der Waals surface area contributed by atoms with Gasteiger partial charge in [0.15, 0.2) is 0 Å². The van der Waals surface area contributed by atoms with E-state index in [2.05, 4.69) is 36.1 Å². The molecule has 1 aromatic heterocycles. The predicted molar refractivity (Wildman–Crippen MR) is 38.1 cm³/mol. The van der Waals surface area contributed by atoms with Gasteiger partial charge in [0.2, 0.25) is 0 Å². The Morgan fingerprint density at radius 1 is 1.62 bits per heavy atom. The van der Waals surface area contributed by atoms with E-state index in [1.54, 1.807) is 0 Å². The second kappa shape index (κ2) is 2.91. The Balaban J connectivity index is 2.77. The van der Waals surface area contributed by atoms with E-state index < -0.39 is 0 Å². The molecule has 0 atom stereocenters. The van der Waals surface area contributed by atoms with Crippen molar-refractivity contribution >= 4 is 20.6 Å². The molecule has 0 bridgehead atoms. The normalized spacial score (nSPS) is 10.6. The van der Waals surface area contributed by atoms with Gasteiger partial charge in [-0.2, -0.15) is 0 Å². The van der Waals surface area contributed by atoms with Crippen molar-refractivity contribution in [2.75, 3.05) is 0 Å². The van der Waals surface area contributed by atoms with Gasteiger partial charge < -0.3 is 0 Å². The number of hydrogen-bond donors (Lipinski definition) is 0. The third-order valence-corrected chi connectivity index (χ3v) is 2.63. The summed E-state index contributed by atoms with van der Waals surface area (Å²) in [6.45, 7) is 2.05. The first-order chi connectivity index (χ1) is 3.93. The zero-order valence-electron chi connectivity index (χ0n) is 4.79. The predicted octanol–water partition coefficient (Wildman–Crippen LogP) is 1.78. The van der Waals surface area contributed by atoms with Gasteiger partial charge in [-0.05, 0) is 0 Å². The molecule has 0 spiro atoms. The van der Waals surface area contributed by atoms with Crippen molar-refractivity contribution in [3.63, 3.8) is 0 Å². The second-order valence-electron chi connectivity index (χ2n) is 1.52. The van der Waals surface area contributed by atoms with Crippen molar-refractivity contribution in [3.05, 3.63) is 27.6 Å². The topological polar surface area (TPSA) is 0 Å². The van der Waals surface area contributed by atoms with Crippen LogP contribution in [0.25, 0.3) is 6.08 Å². The van der Waals surface area contributed by atoms with Crippen LogP contribution >= 0.6 is 0 Å². The fourth-order valence-corrected chi connectivity index (χ4v) is 1.99. The van der Waals surface area contributed by atoms with Crippen LogP contribution in [0.5, 0.6) is 0 Å². The third-order valence-electron chi connectivity index (χ3n) is 0.874. The van der Waals surface area contributed by atoms with Crippen molar-refractivity contribution in [1.82, 2.24) is 0 Å². The summed E-state index contributed by atoms with van der Waals surface area (Å²) >= 11 is 0.631. The molecule has 0 aromatic carbocycles. The summed E-state index contributed by atoms with van der Waals surface area (Å²) in [6, 6.07) is 4.29. The molecule has 0 saturated heterocycles. The van der Waals surface area contributed by atoms with Gasteiger partial charge in [-0.1, -0.05) is 0 Å². The van der Waals surface area contributed by atoms with Crippen LogP contribution in [0, 0.1) is 0 Å². The summed E-state index contributed by atoms with van der Waals surface area (Å²) in [5.74, 6) is 0. The van der Waals surface area contributed by atoms with Crippen molar-refractivity contribution in [3.8, 4) is 0 Å². The molecule has 0 amide bonds. The Labute approximate surface area is 55.6 Å². The summed E-state index contributed by atoms with van der Waals surface area (Å²) in [5.41, 5.74) is 0. The van der Waals surface area contributed by atoms with E-state index in [0.717, 1.165) is 0 Å². The molecule has 0 unspecified atom stereocenters. The molecule has 0 N–H and O–H groups in total. The van der Waals surface area contributed by atoms with Gasteiger partial charge in [-0.3, -0.25) is 0 Å². The molecule has 1 aromatic rings. The van der Waals surface area contributed by atoms with Gasteiger partial charge in [0.05, 0.1) is 0 Å². The molecule has 0 fully saturated rings. The summed E-state index contributed by atoms with van der Waals surface area (Å²) in [6.07, 6.45) is 4.25. The van der Waals surface area contributed by atoms with Crippen LogP contribution in [-0.4, -0.2) is 14.5 Å². The zero-order valence-corrected chi connectivity index (χ0v) is 6.51. The van der Waals surface area contributed by atoms with Gasteiger partial charge >= 0.3 is 55.1 Å². The van der Waals surface area contributed by atoms with Gasteiger partial charge in [0, 0.05) is 0 Å². The molecule has 1 rings (SSSR count). The third kappa shape index (κ3) is 1.36. The van der Waals surface area contributed by atoms with Crippen molar-refractivity contribution < 1.29 is 0 Å². The van der Waals surface area contributed by atoms with E-state index in [0.29, 0.717) is 14.5 Å². The number of hydrogen-bond acceptors (Lipinski definition) is 0. The summed E-state index contributed by atoms with van der Waals surface area (Å²) in [7, 11) is 0. The number of rotatable bonds is 1. The zero-order chi connectivity index (χ0) is 5.82. The Morgan fingerprint density at radius 3 is 3.00 bits per heavy atom. The van der Waals surface area contributed by atoms with E-state index in [-0.39, 0.29) is 0 Å². The molecule has 0 radical (unpaired) electrons. The van der Waals surface area contributed by atoms with E-state index in [1.807, 2.05) is 0 Å². The van der Waals surface area contributed by atoms with Crippen LogP contribution < -0.4 is 0 Å². The van der Waals surface area contributed by atoms with Crippen LogP contribution in [-0.2, 0) is 0 Å². The van der Waals surface area contributed by atoms with Crippen molar-refractivity contribution in [2.24, 2.45) is 0 Å². The number of allylic oxidation sites excluding steroid dienone is 1. The second-order valence-corrected chi connectivity index (χ2v) is 3.57. The fourth-order valence-electron chi connectivity index (χ4n) is 0.550. The maximum absolute atomic E-state index is 2.22. The molecule has 0 aliphatic carbocycles. The molecular formula is C7H8Se. The van der Waals surface area contributed by atoms with Gasteiger partial charge in [-0.25, -0.2) is 0 Å². The Morgan fingerprint density at radius 2 is 2.50 bits per heavy atom. The average molecular weight is 171 g/mol. The first kappa shape index (κ1) is 5.87. The van der Waals surface area contributed by atoms with E-state index in [4.69, 9.17) is 0 Å². The first-order valence-electron chi connectivity index (χ1n) is 2.59. The van der Waals surface area contributed by atoms with Crippen LogP contribution in [0.2, 0.25) is 0 Å². The molecule has 1 heterocycles. The quantitative estimate of drug-likeness (QED) is 0.565. The summed E-state index contributed by atoms with van der Waals surface area (Å²) < 4.78 is 1.47. The minimum atomic E-state index is 0.631. The molecule has 0 aliphatic heterocycles. The molecule has 0 saturated carbocycles. The summed E-state index contributed by atoms with van der Waals surface area (Å²) in [5, 5.41) is 0. The van der Waals surface area contributed by atoms with E-state index in [1.165, 1.54) is 4.44 Å². The van der Waals surface area contributed by atoms with E-state index in [9.17, 15) is 0 Å². The van der Waals surface area contributed by atoms with Gasteiger partial charge in [0.25, 0.3) is 0 Å². The summed E-state index contributed by atoms with van der Waals surface area (Å²) in [4.78, 5) is 2.22. The molecule has 0 nitrogen and oxygen atoms in total. The van der Waals surface area contributed by atoms with Crippen LogP contribution in [0.3, 0.4) is 0 Å². The van der Waals surface area contributed by atoms with Crippen molar-refractivity contribution in [2.45, 2.75) is 6.92 Å². The molecule has 0 aliphatic rings. The Hall–Kier alpha value is -0.261. The van der Waals surface area contributed by atoms with Crippen LogP contribution in [0.15, 0.2) is 23.1 Å². The molecule has 1 heteroatoms.